The van der Waals surface area contributed by atoms with Crippen molar-refractivity contribution in [1.82, 2.24) is 0 Å². The maximum absolute atomic E-state index is 13.1. The molecule has 2 N–H and O–H groups in total. The van der Waals surface area contributed by atoms with E-state index in [1.165, 1.54) is 12.1 Å². The Morgan fingerprint density at radius 3 is 2.50 bits per heavy atom. The number of rotatable bonds is 4. The van der Waals surface area contributed by atoms with Crippen LogP contribution >= 0.6 is 15.9 Å². The molecule has 0 spiro atoms. The largest absolute Gasteiger partial charge is 0.484 e. The van der Waals surface area contributed by atoms with Crippen LogP contribution in [-0.2, 0) is 0 Å². The molecule has 2 rings (SSSR count). The van der Waals surface area contributed by atoms with E-state index in [9.17, 15) is 4.39 Å². The molecule has 0 radical (unpaired) electrons. The Morgan fingerprint density at radius 1 is 1.20 bits per heavy atom. The maximum atomic E-state index is 13.1. The van der Waals surface area contributed by atoms with E-state index < -0.39 is 0 Å². The highest BCUT2D eigenvalue weighted by Crippen LogP contribution is 2.31. The molecule has 2 aromatic rings. The van der Waals surface area contributed by atoms with Gasteiger partial charge in [-0.2, -0.15) is 0 Å². The number of hydrogen-bond donors (Lipinski definition) is 1. The van der Waals surface area contributed by atoms with Gasteiger partial charge in [-0.25, -0.2) is 4.39 Å². The summed E-state index contributed by atoms with van der Waals surface area (Å²) in [7, 11) is 0. The molecule has 20 heavy (non-hydrogen) atoms. The zero-order chi connectivity index (χ0) is 14.7. The van der Waals surface area contributed by atoms with Crippen molar-refractivity contribution in [1.29, 1.82) is 0 Å². The molecular weight excluding hydrogens is 321 g/mol. The topological polar surface area (TPSA) is 35.2 Å². The van der Waals surface area contributed by atoms with Gasteiger partial charge >= 0.3 is 0 Å². The van der Waals surface area contributed by atoms with E-state index >= 15 is 0 Å². The normalized spacial score (nSPS) is 13.8. The summed E-state index contributed by atoms with van der Waals surface area (Å²) in [6, 6.07) is 12.1. The molecule has 106 valence electrons. The van der Waals surface area contributed by atoms with Crippen LogP contribution in [0.1, 0.15) is 24.2 Å². The minimum absolute atomic E-state index is 0.196. The van der Waals surface area contributed by atoms with Gasteiger partial charge in [0.25, 0.3) is 0 Å². The molecule has 0 aromatic heterocycles. The van der Waals surface area contributed by atoms with Crippen molar-refractivity contribution in [2.45, 2.75) is 26.0 Å². The lowest BCUT2D eigenvalue weighted by atomic mass is 10.0. The molecule has 2 nitrogen and oxygen atoms in total. The van der Waals surface area contributed by atoms with Crippen molar-refractivity contribution < 1.29 is 9.13 Å². The van der Waals surface area contributed by atoms with Crippen LogP contribution in [0.3, 0.4) is 0 Å². The van der Waals surface area contributed by atoms with E-state index in [-0.39, 0.29) is 18.0 Å². The Hall–Kier alpha value is -1.39. The molecule has 0 aliphatic rings. The van der Waals surface area contributed by atoms with Gasteiger partial charge in [0.05, 0.1) is 0 Å². The van der Waals surface area contributed by atoms with Crippen LogP contribution < -0.4 is 10.5 Å². The third-order valence-corrected chi connectivity index (χ3v) is 3.80. The second-order valence-corrected chi connectivity index (χ2v) is 5.68. The van der Waals surface area contributed by atoms with Gasteiger partial charge in [-0.3, -0.25) is 0 Å². The SMILES string of the molecule is Cc1cc(F)ccc1OC(c1ccccc1Br)C(C)N. The maximum Gasteiger partial charge on any atom is 0.140 e. The fourth-order valence-electron chi connectivity index (χ4n) is 2.04. The first-order valence-corrected chi connectivity index (χ1v) is 7.21. The van der Waals surface area contributed by atoms with Gasteiger partial charge in [-0.15, -0.1) is 0 Å². The standard InChI is InChI=1S/C16H17BrFNO/c1-10-9-12(18)7-8-15(10)20-16(11(2)19)13-5-3-4-6-14(13)17/h3-9,11,16H,19H2,1-2H3. The van der Waals surface area contributed by atoms with Crippen LogP contribution in [0, 0.1) is 12.7 Å². The highest BCUT2D eigenvalue weighted by molar-refractivity contribution is 9.10. The summed E-state index contributed by atoms with van der Waals surface area (Å²) in [5, 5.41) is 0. The minimum Gasteiger partial charge on any atom is -0.484 e. The molecule has 0 bridgehead atoms. The quantitative estimate of drug-likeness (QED) is 0.899. The van der Waals surface area contributed by atoms with Crippen molar-refractivity contribution in [3.05, 3.63) is 63.9 Å². The summed E-state index contributed by atoms with van der Waals surface area (Å²) in [5.74, 6) is 0.373. The second kappa shape index (κ2) is 6.37. The van der Waals surface area contributed by atoms with Gasteiger partial charge in [-0.05, 0) is 43.7 Å². The molecule has 2 unspecified atom stereocenters. The highest BCUT2D eigenvalue weighted by Gasteiger charge is 2.21. The summed E-state index contributed by atoms with van der Waals surface area (Å²) in [4.78, 5) is 0. The molecule has 0 aliphatic heterocycles. The van der Waals surface area contributed by atoms with E-state index in [0.717, 1.165) is 15.6 Å². The Labute approximate surface area is 126 Å². The Kier molecular flexibility index (Phi) is 4.78. The average molecular weight is 338 g/mol. The first-order valence-electron chi connectivity index (χ1n) is 6.42. The van der Waals surface area contributed by atoms with Crippen LogP contribution in [0.4, 0.5) is 4.39 Å². The van der Waals surface area contributed by atoms with Crippen LogP contribution in [-0.4, -0.2) is 6.04 Å². The van der Waals surface area contributed by atoms with Crippen LogP contribution in [0.25, 0.3) is 0 Å². The van der Waals surface area contributed by atoms with E-state index in [1.807, 2.05) is 38.1 Å². The van der Waals surface area contributed by atoms with Crippen molar-refractivity contribution in [3.63, 3.8) is 0 Å². The molecule has 0 fully saturated rings. The zero-order valence-electron chi connectivity index (χ0n) is 11.4. The number of halogens is 2. The van der Waals surface area contributed by atoms with Crippen LogP contribution in [0.5, 0.6) is 5.75 Å². The number of aryl methyl sites for hydroxylation is 1. The van der Waals surface area contributed by atoms with E-state index in [2.05, 4.69) is 15.9 Å². The van der Waals surface area contributed by atoms with Gasteiger partial charge < -0.3 is 10.5 Å². The van der Waals surface area contributed by atoms with Crippen LogP contribution in [0.2, 0.25) is 0 Å². The van der Waals surface area contributed by atoms with E-state index in [0.29, 0.717) is 5.75 Å². The van der Waals surface area contributed by atoms with Crippen molar-refractivity contribution >= 4 is 15.9 Å². The van der Waals surface area contributed by atoms with Crippen molar-refractivity contribution in [2.24, 2.45) is 5.73 Å². The molecule has 0 amide bonds. The highest BCUT2D eigenvalue weighted by atomic mass is 79.9. The monoisotopic (exact) mass is 337 g/mol. The Bertz CT molecular complexity index is 601. The lowest BCUT2D eigenvalue weighted by Gasteiger charge is -2.25. The molecular formula is C16H17BrFNO. The summed E-state index contributed by atoms with van der Waals surface area (Å²) < 4.78 is 20.1. The summed E-state index contributed by atoms with van der Waals surface area (Å²) >= 11 is 3.51. The predicted octanol–water partition coefficient (Wildman–Crippen LogP) is 4.36. The first kappa shape index (κ1) is 15.0. The Balaban J connectivity index is 2.33. The fourth-order valence-corrected chi connectivity index (χ4v) is 2.55. The lowest BCUT2D eigenvalue weighted by molar-refractivity contribution is 0.178. The predicted molar refractivity (Wildman–Crippen MR) is 82.3 cm³/mol. The third kappa shape index (κ3) is 3.38. The number of benzene rings is 2. The second-order valence-electron chi connectivity index (χ2n) is 4.83. The van der Waals surface area contributed by atoms with Gasteiger partial charge in [-0.1, -0.05) is 34.1 Å². The third-order valence-electron chi connectivity index (χ3n) is 3.08. The van der Waals surface area contributed by atoms with Gasteiger partial charge in [0.15, 0.2) is 0 Å². The molecule has 0 heterocycles. The molecule has 2 aromatic carbocycles. The smallest absolute Gasteiger partial charge is 0.140 e. The minimum atomic E-state index is -0.297. The summed E-state index contributed by atoms with van der Waals surface area (Å²) in [6.07, 6.45) is -0.297. The average Bonchev–Trinajstić information content (AvgIpc) is 2.39. The number of nitrogens with two attached hydrogens (primary N) is 1. The first-order chi connectivity index (χ1) is 9.49. The summed E-state index contributed by atoms with van der Waals surface area (Å²) in [6.45, 7) is 3.71. The van der Waals surface area contributed by atoms with Crippen molar-refractivity contribution in [2.75, 3.05) is 0 Å². The number of hydrogen-bond acceptors (Lipinski definition) is 2. The lowest BCUT2D eigenvalue weighted by Crippen LogP contribution is -2.29. The zero-order valence-corrected chi connectivity index (χ0v) is 13.0. The molecule has 0 saturated heterocycles. The van der Waals surface area contributed by atoms with E-state index in [1.54, 1.807) is 6.07 Å². The molecule has 2 atom stereocenters. The van der Waals surface area contributed by atoms with Gasteiger partial charge in [0.1, 0.15) is 17.7 Å². The summed E-state index contributed by atoms with van der Waals surface area (Å²) in [5.41, 5.74) is 7.78. The fraction of sp³-hybridized carbons (Fsp3) is 0.250. The van der Waals surface area contributed by atoms with Crippen LogP contribution in [0.15, 0.2) is 46.9 Å². The van der Waals surface area contributed by atoms with Gasteiger partial charge in [0.2, 0.25) is 0 Å². The van der Waals surface area contributed by atoms with E-state index in [4.69, 9.17) is 10.5 Å². The molecule has 4 heteroatoms. The Morgan fingerprint density at radius 2 is 1.90 bits per heavy atom. The molecule has 0 saturated carbocycles. The number of ether oxygens (including phenoxy) is 1. The van der Waals surface area contributed by atoms with Gasteiger partial charge in [0, 0.05) is 16.1 Å². The molecule has 0 aliphatic carbocycles. The van der Waals surface area contributed by atoms with Crippen molar-refractivity contribution in [3.8, 4) is 5.75 Å².